The topological polar surface area (TPSA) is 61.4 Å². The van der Waals surface area contributed by atoms with Crippen molar-refractivity contribution in [2.75, 3.05) is 26.2 Å². The minimum absolute atomic E-state index is 0.00810. The predicted octanol–water partition coefficient (Wildman–Crippen LogP) is 0.503. The van der Waals surface area contributed by atoms with Crippen LogP contribution in [0.25, 0.3) is 0 Å². The Morgan fingerprint density at radius 3 is 2.68 bits per heavy atom. The molecule has 0 aromatic rings. The van der Waals surface area contributed by atoms with E-state index >= 15 is 0 Å². The summed E-state index contributed by atoms with van der Waals surface area (Å²) in [5, 5.41) is 6.15. The van der Waals surface area contributed by atoms with E-state index in [9.17, 15) is 9.59 Å². The number of carbonyl (C=O) groups excluding carboxylic acids is 2. The van der Waals surface area contributed by atoms with Gasteiger partial charge in [-0.3, -0.25) is 9.59 Å². The molecule has 0 radical (unpaired) electrons. The SMILES string of the molecule is CC(NC(=O)CC1CCCNC1)C(=O)N1CCCC1. The summed E-state index contributed by atoms with van der Waals surface area (Å²) in [6.45, 7) is 5.44. The molecule has 2 rings (SSSR count). The minimum Gasteiger partial charge on any atom is -0.345 e. The van der Waals surface area contributed by atoms with Crippen molar-refractivity contribution in [1.82, 2.24) is 15.5 Å². The van der Waals surface area contributed by atoms with Crippen molar-refractivity contribution in [3.05, 3.63) is 0 Å². The lowest BCUT2D eigenvalue weighted by molar-refractivity contribution is -0.135. The van der Waals surface area contributed by atoms with Gasteiger partial charge in [0, 0.05) is 19.5 Å². The van der Waals surface area contributed by atoms with Crippen LogP contribution in [0.4, 0.5) is 0 Å². The van der Waals surface area contributed by atoms with Gasteiger partial charge in [-0.25, -0.2) is 0 Å². The molecule has 5 heteroatoms. The zero-order valence-corrected chi connectivity index (χ0v) is 11.8. The minimum atomic E-state index is -0.387. The summed E-state index contributed by atoms with van der Waals surface area (Å²) in [6.07, 6.45) is 4.94. The summed E-state index contributed by atoms with van der Waals surface area (Å²) >= 11 is 0. The number of amides is 2. The highest BCUT2D eigenvalue weighted by molar-refractivity contribution is 5.87. The Morgan fingerprint density at radius 2 is 2.05 bits per heavy atom. The third kappa shape index (κ3) is 4.20. The van der Waals surface area contributed by atoms with E-state index in [2.05, 4.69) is 10.6 Å². The lowest BCUT2D eigenvalue weighted by Crippen LogP contribution is -2.46. The first-order valence-electron chi connectivity index (χ1n) is 7.45. The molecule has 0 bridgehead atoms. The van der Waals surface area contributed by atoms with E-state index in [-0.39, 0.29) is 17.9 Å². The second kappa shape index (κ2) is 6.89. The second-order valence-corrected chi connectivity index (χ2v) is 5.74. The standard InChI is InChI=1S/C14H25N3O2/c1-11(14(19)17-7-2-3-8-17)16-13(18)9-12-5-4-6-15-10-12/h11-12,15H,2-10H2,1H3,(H,16,18). The Labute approximate surface area is 115 Å². The van der Waals surface area contributed by atoms with Crippen molar-refractivity contribution in [1.29, 1.82) is 0 Å². The highest BCUT2D eigenvalue weighted by Gasteiger charge is 2.25. The normalized spacial score (nSPS) is 25.1. The van der Waals surface area contributed by atoms with E-state index in [1.807, 2.05) is 4.90 Å². The monoisotopic (exact) mass is 267 g/mol. The average Bonchev–Trinajstić information content (AvgIpc) is 2.92. The second-order valence-electron chi connectivity index (χ2n) is 5.74. The van der Waals surface area contributed by atoms with Crippen LogP contribution in [0.3, 0.4) is 0 Å². The van der Waals surface area contributed by atoms with Crippen LogP contribution in [0.5, 0.6) is 0 Å². The number of hydrogen-bond donors (Lipinski definition) is 2. The lowest BCUT2D eigenvalue weighted by atomic mass is 9.96. The van der Waals surface area contributed by atoms with Gasteiger partial charge in [0.25, 0.3) is 0 Å². The van der Waals surface area contributed by atoms with E-state index in [4.69, 9.17) is 0 Å². The maximum absolute atomic E-state index is 12.1. The first-order valence-corrected chi connectivity index (χ1v) is 7.45. The third-order valence-corrected chi connectivity index (χ3v) is 4.04. The highest BCUT2D eigenvalue weighted by Crippen LogP contribution is 2.14. The summed E-state index contributed by atoms with van der Waals surface area (Å²) in [7, 11) is 0. The zero-order valence-electron chi connectivity index (χ0n) is 11.8. The summed E-state index contributed by atoms with van der Waals surface area (Å²) in [4.78, 5) is 25.9. The number of piperidine rings is 1. The van der Waals surface area contributed by atoms with Crippen LogP contribution in [0.1, 0.15) is 39.0 Å². The smallest absolute Gasteiger partial charge is 0.244 e. The molecule has 2 atom stereocenters. The summed E-state index contributed by atoms with van der Waals surface area (Å²) in [5.41, 5.74) is 0. The van der Waals surface area contributed by atoms with E-state index in [1.165, 1.54) is 0 Å². The quantitative estimate of drug-likeness (QED) is 0.780. The summed E-state index contributed by atoms with van der Waals surface area (Å²) in [6, 6.07) is -0.387. The van der Waals surface area contributed by atoms with Crippen LogP contribution in [-0.4, -0.2) is 48.9 Å². The Balaban J connectivity index is 1.72. The molecule has 0 saturated carbocycles. The Kier molecular flexibility index (Phi) is 5.19. The maximum atomic E-state index is 12.1. The molecule has 2 heterocycles. The average molecular weight is 267 g/mol. The van der Waals surface area contributed by atoms with Gasteiger partial charge in [-0.1, -0.05) is 0 Å². The molecule has 5 nitrogen and oxygen atoms in total. The predicted molar refractivity (Wildman–Crippen MR) is 73.6 cm³/mol. The van der Waals surface area contributed by atoms with Crippen LogP contribution in [-0.2, 0) is 9.59 Å². The molecule has 0 spiro atoms. The van der Waals surface area contributed by atoms with Gasteiger partial charge in [-0.05, 0) is 51.6 Å². The molecule has 0 aliphatic carbocycles. The maximum Gasteiger partial charge on any atom is 0.244 e. The van der Waals surface area contributed by atoms with Gasteiger partial charge < -0.3 is 15.5 Å². The summed E-state index contributed by atoms with van der Waals surface area (Å²) in [5.74, 6) is 0.490. The molecule has 2 fully saturated rings. The van der Waals surface area contributed by atoms with Crippen LogP contribution in [0.2, 0.25) is 0 Å². The fourth-order valence-corrected chi connectivity index (χ4v) is 2.93. The fourth-order valence-electron chi connectivity index (χ4n) is 2.93. The van der Waals surface area contributed by atoms with Gasteiger partial charge in [0.05, 0.1) is 0 Å². The van der Waals surface area contributed by atoms with Gasteiger partial charge in [0.2, 0.25) is 11.8 Å². The molecule has 2 aliphatic rings. The first kappa shape index (κ1) is 14.3. The van der Waals surface area contributed by atoms with E-state index in [0.29, 0.717) is 12.3 Å². The van der Waals surface area contributed by atoms with Gasteiger partial charge in [-0.2, -0.15) is 0 Å². The molecule has 2 amide bonds. The number of hydrogen-bond acceptors (Lipinski definition) is 3. The van der Waals surface area contributed by atoms with E-state index in [0.717, 1.165) is 51.9 Å². The molecule has 2 aliphatic heterocycles. The summed E-state index contributed by atoms with van der Waals surface area (Å²) < 4.78 is 0. The number of carbonyl (C=O) groups is 2. The number of rotatable bonds is 4. The van der Waals surface area contributed by atoms with Crippen LogP contribution in [0, 0.1) is 5.92 Å². The molecule has 0 aromatic heterocycles. The van der Waals surface area contributed by atoms with Crippen LogP contribution >= 0.6 is 0 Å². The highest BCUT2D eigenvalue weighted by atomic mass is 16.2. The number of likely N-dealkylation sites (tertiary alicyclic amines) is 1. The van der Waals surface area contributed by atoms with Gasteiger partial charge in [0.15, 0.2) is 0 Å². The molecule has 2 N–H and O–H groups in total. The number of nitrogens with one attached hydrogen (secondary N) is 2. The van der Waals surface area contributed by atoms with Crippen LogP contribution < -0.4 is 10.6 Å². The van der Waals surface area contributed by atoms with Gasteiger partial charge in [0.1, 0.15) is 6.04 Å². The molecular weight excluding hydrogens is 242 g/mol. The largest absolute Gasteiger partial charge is 0.345 e. The Bertz CT molecular complexity index is 321. The van der Waals surface area contributed by atoms with Crippen molar-refractivity contribution >= 4 is 11.8 Å². The lowest BCUT2D eigenvalue weighted by Gasteiger charge is -2.24. The van der Waals surface area contributed by atoms with Crippen molar-refractivity contribution in [3.63, 3.8) is 0 Å². The van der Waals surface area contributed by atoms with Gasteiger partial charge in [-0.15, -0.1) is 0 Å². The van der Waals surface area contributed by atoms with Crippen molar-refractivity contribution < 1.29 is 9.59 Å². The third-order valence-electron chi connectivity index (χ3n) is 4.04. The molecule has 19 heavy (non-hydrogen) atoms. The molecule has 2 unspecified atom stereocenters. The van der Waals surface area contributed by atoms with Crippen LogP contribution in [0.15, 0.2) is 0 Å². The first-order chi connectivity index (χ1) is 9.16. The Hall–Kier alpha value is -1.10. The van der Waals surface area contributed by atoms with Crippen molar-refractivity contribution in [2.45, 2.75) is 45.1 Å². The molecular formula is C14H25N3O2. The number of nitrogens with zero attached hydrogens (tertiary/aromatic N) is 1. The van der Waals surface area contributed by atoms with Crippen molar-refractivity contribution in [3.8, 4) is 0 Å². The van der Waals surface area contributed by atoms with Crippen molar-refractivity contribution in [2.24, 2.45) is 5.92 Å². The molecule has 108 valence electrons. The Morgan fingerprint density at radius 1 is 1.32 bits per heavy atom. The van der Waals surface area contributed by atoms with E-state index < -0.39 is 0 Å². The zero-order chi connectivity index (χ0) is 13.7. The van der Waals surface area contributed by atoms with Gasteiger partial charge >= 0.3 is 0 Å². The molecule has 2 saturated heterocycles. The van der Waals surface area contributed by atoms with E-state index in [1.54, 1.807) is 6.92 Å². The fraction of sp³-hybridized carbons (Fsp3) is 0.857. The molecule has 0 aromatic carbocycles.